The van der Waals surface area contributed by atoms with Crippen LogP contribution in [0, 0.1) is 17.0 Å². The van der Waals surface area contributed by atoms with Crippen molar-refractivity contribution in [3.8, 4) is 0 Å². The second kappa shape index (κ2) is 6.58. The smallest absolute Gasteiger partial charge is 0.274 e. The second-order valence-electron chi connectivity index (χ2n) is 4.11. The Hall–Kier alpha value is -2.11. The van der Waals surface area contributed by atoms with E-state index in [0.29, 0.717) is 24.2 Å². The lowest BCUT2D eigenvalue weighted by Gasteiger charge is -2.06. The van der Waals surface area contributed by atoms with Crippen molar-refractivity contribution in [2.24, 2.45) is 5.73 Å². The molecule has 1 aromatic carbocycles. The monoisotopic (exact) mass is 251 g/mol. The normalized spacial score (nSPS) is 10.1. The molecular formula is C12H17N3O3. The van der Waals surface area contributed by atoms with Gasteiger partial charge in [-0.3, -0.25) is 14.9 Å². The van der Waals surface area contributed by atoms with Crippen LogP contribution in [0.3, 0.4) is 0 Å². The SMILES string of the molecule is Cc1ccc(NCCCCC(N)=O)cc1[N+](=O)[O-]. The van der Waals surface area contributed by atoms with Crippen molar-refractivity contribution in [2.45, 2.75) is 26.2 Å². The fraction of sp³-hybridized carbons (Fsp3) is 0.417. The molecule has 0 saturated carbocycles. The molecule has 1 amide bonds. The van der Waals surface area contributed by atoms with Crippen molar-refractivity contribution in [1.29, 1.82) is 0 Å². The summed E-state index contributed by atoms with van der Waals surface area (Å²) in [5, 5.41) is 13.8. The number of hydrogen-bond donors (Lipinski definition) is 2. The average Bonchev–Trinajstić information content (AvgIpc) is 2.30. The van der Waals surface area contributed by atoms with Gasteiger partial charge in [0.15, 0.2) is 0 Å². The van der Waals surface area contributed by atoms with Gasteiger partial charge in [-0.25, -0.2) is 0 Å². The Kier molecular flexibility index (Phi) is 5.10. The Bertz CT molecular complexity index is 446. The highest BCUT2D eigenvalue weighted by molar-refractivity contribution is 5.73. The lowest BCUT2D eigenvalue weighted by molar-refractivity contribution is -0.385. The first-order valence-corrected chi connectivity index (χ1v) is 5.78. The number of rotatable bonds is 7. The van der Waals surface area contributed by atoms with E-state index < -0.39 is 4.92 Å². The van der Waals surface area contributed by atoms with Crippen molar-refractivity contribution in [3.63, 3.8) is 0 Å². The van der Waals surface area contributed by atoms with Crippen LogP contribution in [0.5, 0.6) is 0 Å². The number of nitrogens with zero attached hydrogens (tertiary/aromatic N) is 1. The topological polar surface area (TPSA) is 98.3 Å². The van der Waals surface area contributed by atoms with E-state index in [4.69, 9.17) is 5.73 Å². The van der Waals surface area contributed by atoms with E-state index in [1.807, 2.05) is 0 Å². The molecule has 0 heterocycles. The third kappa shape index (κ3) is 4.40. The summed E-state index contributed by atoms with van der Waals surface area (Å²) in [5.74, 6) is -0.305. The minimum atomic E-state index is -0.395. The van der Waals surface area contributed by atoms with Gasteiger partial charge in [0.2, 0.25) is 5.91 Å². The number of nitro groups is 1. The summed E-state index contributed by atoms with van der Waals surface area (Å²) >= 11 is 0. The third-order valence-electron chi connectivity index (χ3n) is 2.58. The summed E-state index contributed by atoms with van der Waals surface area (Å²) in [7, 11) is 0. The van der Waals surface area contributed by atoms with Gasteiger partial charge in [0.05, 0.1) is 4.92 Å². The third-order valence-corrected chi connectivity index (χ3v) is 2.58. The van der Waals surface area contributed by atoms with Gasteiger partial charge < -0.3 is 11.1 Å². The van der Waals surface area contributed by atoms with Gasteiger partial charge in [-0.15, -0.1) is 0 Å². The maximum Gasteiger partial charge on any atom is 0.274 e. The number of unbranched alkanes of at least 4 members (excludes halogenated alkanes) is 1. The van der Waals surface area contributed by atoms with Crippen LogP contribution in [0.25, 0.3) is 0 Å². The molecule has 0 radical (unpaired) electrons. The number of nitro benzene ring substituents is 1. The van der Waals surface area contributed by atoms with Crippen LogP contribution >= 0.6 is 0 Å². The molecule has 0 fully saturated rings. The first-order valence-electron chi connectivity index (χ1n) is 5.78. The number of carbonyl (C=O) groups excluding carboxylic acids is 1. The van der Waals surface area contributed by atoms with Gasteiger partial charge in [0.25, 0.3) is 5.69 Å². The van der Waals surface area contributed by atoms with Crippen LogP contribution in [0.1, 0.15) is 24.8 Å². The maximum atomic E-state index is 10.8. The number of nitrogens with one attached hydrogen (secondary N) is 1. The first-order chi connectivity index (χ1) is 8.50. The highest BCUT2D eigenvalue weighted by Gasteiger charge is 2.10. The van der Waals surface area contributed by atoms with Crippen LogP contribution in [-0.2, 0) is 4.79 Å². The number of primary amides is 1. The summed E-state index contributed by atoms with van der Waals surface area (Å²) in [6.45, 7) is 2.36. The Morgan fingerprint density at radius 2 is 2.17 bits per heavy atom. The lowest BCUT2D eigenvalue weighted by Crippen LogP contribution is -2.11. The van der Waals surface area contributed by atoms with Crippen LogP contribution in [-0.4, -0.2) is 17.4 Å². The minimum absolute atomic E-state index is 0.108. The van der Waals surface area contributed by atoms with Crippen LogP contribution in [0.2, 0.25) is 0 Å². The fourth-order valence-corrected chi connectivity index (χ4v) is 1.57. The summed E-state index contributed by atoms with van der Waals surface area (Å²) in [6.07, 6.45) is 1.89. The van der Waals surface area contributed by atoms with Gasteiger partial charge in [0.1, 0.15) is 0 Å². The predicted octanol–water partition coefficient (Wildman–Crippen LogP) is 1.97. The summed E-state index contributed by atoms with van der Waals surface area (Å²) in [6, 6.07) is 5.03. The van der Waals surface area contributed by atoms with E-state index in [-0.39, 0.29) is 11.6 Å². The molecule has 6 heteroatoms. The Morgan fingerprint density at radius 3 is 2.78 bits per heavy atom. The number of benzene rings is 1. The fourth-order valence-electron chi connectivity index (χ4n) is 1.57. The number of hydrogen-bond acceptors (Lipinski definition) is 4. The predicted molar refractivity (Wildman–Crippen MR) is 69.4 cm³/mol. The molecule has 0 aliphatic carbocycles. The van der Waals surface area contributed by atoms with Crippen molar-refractivity contribution in [2.75, 3.05) is 11.9 Å². The van der Waals surface area contributed by atoms with E-state index in [1.54, 1.807) is 19.1 Å². The molecule has 1 rings (SSSR count). The zero-order valence-electron chi connectivity index (χ0n) is 10.3. The second-order valence-corrected chi connectivity index (χ2v) is 4.11. The number of aryl methyl sites for hydroxylation is 1. The highest BCUT2D eigenvalue weighted by atomic mass is 16.6. The van der Waals surface area contributed by atoms with Crippen molar-refractivity contribution < 1.29 is 9.72 Å². The number of carbonyl (C=O) groups is 1. The van der Waals surface area contributed by atoms with Gasteiger partial charge in [0, 0.05) is 30.3 Å². The molecule has 0 unspecified atom stereocenters. The molecular weight excluding hydrogens is 234 g/mol. The molecule has 0 aromatic heterocycles. The Balaban J connectivity index is 2.45. The van der Waals surface area contributed by atoms with E-state index in [1.165, 1.54) is 6.07 Å². The van der Waals surface area contributed by atoms with Gasteiger partial charge in [-0.1, -0.05) is 6.07 Å². The van der Waals surface area contributed by atoms with E-state index in [9.17, 15) is 14.9 Å². The summed E-state index contributed by atoms with van der Waals surface area (Å²) in [4.78, 5) is 20.9. The molecule has 0 saturated heterocycles. The number of amides is 1. The molecule has 0 atom stereocenters. The van der Waals surface area contributed by atoms with Crippen molar-refractivity contribution in [1.82, 2.24) is 0 Å². The number of anilines is 1. The maximum absolute atomic E-state index is 10.8. The summed E-state index contributed by atoms with van der Waals surface area (Å²) in [5.41, 5.74) is 6.48. The van der Waals surface area contributed by atoms with Crippen molar-refractivity contribution >= 4 is 17.3 Å². The molecule has 18 heavy (non-hydrogen) atoms. The highest BCUT2D eigenvalue weighted by Crippen LogP contribution is 2.22. The van der Waals surface area contributed by atoms with Crippen molar-refractivity contribution in [3.05, 3.63) is 33.9 Å². The van der Waals surface area contributed by atoms with Crippen LogP contribution in [0.4, 0.5) is 11.4 Å². The molecule has 3 N–H and O–H groups in total. The van der Waals surface area contributed by atoms with Gasteiger partial charge >= 0.3 is 0 Å². The summed E-state index contributed by atoms with van der Waals surface area (Å²) < 4.78 is 0. The average molecular weight is 251 g/mol. The van der Waals surface area contributed by atoms with Crippen LogP contribution < -0.4 is 11.1 Å². The lowest BCUT2D eigenvalue weighted by atomic mass is 10.2. The first kappa shape index (κ1) is 14.0. The van der Waals surface area contributed by atoms with Gasteiger partial charge in [-0.05, 0) is 25.8 Å². The molecule has 1 aromatic rings. The van der Waals surface area contributed by atoms with E-state index >= 15 is 0 Å². The number of nitrogens with two attached hydrogens (primary N) is 1. The molecule has 98 valence electrons. The molecule has 6 nitrogen and oxygen atoms in total. The van der Waals surface area contributed by atoms with E-state index in [2.05, 4.69) is 5.32 Å². The minimum Gasteiger partial charge on any atom is -0.385 e. The quantitative estimate of drug-likeness (QED) is 0.439. The Morgan fingerprint density at radius 1 is 1.44 bits per heavy atom. The van der Waals surface area contributed by atoms with Gasteiger partial charge in [-0.2, -0.15) is 0 Å². The molecule has 0 aliphatic rings. The standard InChI is InChI=1S/C12H17N3O3/c1-9-5-6-10(8-11(9)15(17)18)14-7-3-2-4-12(13)16/h5-6,8,14H,2-4,7H2,1H3,(H2,13,16). The molecule has 0 spiro atoms. The molecule has 0 aliphatic heterocycles. The van der Waals surface area contributed by atoms with E-state index in [0.717, 1.165) is 12.8 Å². The van der Waals surface area contributed by atoms with Crippen LogP contribution in [0.15, 0.2) is 18.2 Å². The zero-order chi connectivity index (χ0) is 13.5. The zero-order valence-corrected chi connectivity index (χ0v) is 10.3. The molecule has 0 bridgehead atoms. The largest absolute Gasteiger partial charge is 0.385 e. The Labute approximate surface area is 105 Å².